The number of aromatic nitrogens is 2. The fraction of sp³-hybridized carbons (Fsp3) is 0. The molecule has 2 heteroatoms. The molecular weight excluding hydrogens is 352 g/mol. The van der Waals surface area contributed by atoms with Crippen LogP contribution in [0, 0.1) is 0 Å². The maximum absolute atomic E-state index is 4.68. The number of hydrogen-bond donors (Lipinski definition) is 0. The lowest BCUT2D eigenvalue weighted by Gasteiger charge is -2.02. The first-order valence-electron chi connectivity index (χ1n) is 9.73. The monoisotopic (exact) mass is 372 g/mol. The largest absolute Gasteiger partial charge is 0.306 e. The summed E-state index contributed by atoms with van der Waals surface area (Å²) in [4.78, 5) is 4.68. The molecule has 3 aromatic carbocycles. The summed E-state index contributed by atoms with van der Waals surface area (Å²) in [5.41, 5.74) is 7.91. The second-order valence-corrected chi connectivity index (χ2v) is 7.04. The first kappa shape index (κ1) is 17.2. The van der Waals surface area contributed by atoms with Crippen LogP contribution in [0.3, 0.4) is 0 Å². The minimum Gasteiger partial charge on any atom is -0.306 e. The van der Waals surface area contributed by atoms with Gasteiger partial charge >= 0.3 is 0 Å². The van der Waals surface area contributed by atoms with Gasteiger partial charge in [0.1, 0.15) is 5.65 Å². The van der Waals surface area contributed by atoms with Crippen LogP contribution in [-0.2, 0) is 0 Å². The molecule has 0 saturated carbocycles. The Labute approximate surface area is 170 Å². The van der Waals surface area contributed by atoms with Crippen LogP contribution in [0.2, 0.25) is 0 Å². The Kier molecular flexibility index (Phi) is 4.51. The van der Waals surface area contributed by atoms with Crippen molar-refractivity contribution in [1.82, 2.24) is 9.38 Å². The highest BCUT2D eigenvalue weighted by molar-refractivity contribution is 5.73. The van der Waals surface area contributed by atoms with Gasteiger partial charge in [-0.3, -0.25) is 0 Å². The van der Waals surface area contributed by atoms with E-state index in [1.165, 1.54) is 22.3 Å². The van der Waals surface area contributed by atoms with Crippen LogP contribution < -0.4 is 0 Å². The number of nitrogens with zero attached hydrogens (tertiary/aromatic N) is 2. The van der Waals surface area contributed by atoms with Crippen molar-refractivity contribution in [2.45, 2.75) is 0 Å². The van der Waals surface area contributed by atoms with Crippen molar-refractivity contribution < 1.29 is 0 Å². The molecule has 2 heterocycles. The fourth-order valence-corrected chi connectivity index (χ4v) is 3.45. The number of fused-ring (bicyclic) bond motifs is 1. The molecule has 0 bridgehead atoms. The second-order valence-electron chi connectivity index (χ2n) is 7.04. The average Bonchev–Trinajstić information content (AvgIpc) is 3.23. The normalized spacial score (nSPS) is 11.3. The van der Waals surface area contributed by atoms with E-state index in [1.807, 2.05) is 34.9 Å². The van der Waals surface area contributed by atoms with Gasteiger partial charge in [-0.15, -0.1) is 0 Å². The summed E-state index contributed by atoms with van der Waals surface area (Å²) in [7, 11) is 0. The number of benzene rings is 3. The molecule has 0 aliphatic heterocycles. The van der Waals surface area contributed by atoms with Crippen molar-refractivity contribution in [3.8, 4) is 22.4 Å². The first-order valence-corrected chi connectivity index (χ1v) is 9.73. The minimum absolute atomic E-state index is 0.963. The SMILES string of the molecule is C(=C\c1ccc(-c2cn3ccccc3n2)cc1)/c1ccc(-c2ccccc2)cc1. The molecule has 0 unspecified atom stereocenters. The molecule has 0 amide bonds. The summed E-state index contributed by atoms with van der Waals surface area (Å²) in [6.45, 7) is 0. The van der Waals surface area contributed by atoms with E-state index in [0.29, 0.717) is 0 Å². The zero-order valence-corrected chi connectivity index (χ0v) is 15.9. The summed E-state index contributed by atoms with van der Waals surface area (Å²) in [5.74, 6) is 0. The molecule has 0 aliphatic rings. The van der Waals surface area contributed by atoms with Gasteiger partial charge in [0.05, 0.1) is 5.69 Å². The molecule has 2 aromatic heterocycles. The van der Waals surface area contributed by atoms with Crippen molar-refractivity contribution in [2.75, 3.05) is 0 Å². The zero-order valence-electron chi connectivity index (χ0n) is 15.9. The average molecular weight is 372 g/mol. The molecule has 5 aromatic rings. The number of rotatable bonds is 4. The summed E-state index contributed by atoms with van der Waals surface area (Å²) in [5, 5.41) is 0. The van der Waals surface area contributed by atoms with Crippen LogP contribution in [0.25, 0.3) is 40.2 Å². The van der Waals surface area contributed by atoms with Crippen molar-refractivity contribution in [1.29, 1.82) is 0 Å². The third-order valence-corrected chi connectivity index (χ3v) is 5.06. The van der Waals surface area contributed by atoms with Crippen molar-refractivity contribution in [2.24, 2.45) is 0 Å². The lowest BCUT2D eigenvalue weighted by Crippen LogP contribution is -1.79. The molecule has 0 fully saturated rings. The van der Waals surface area contributed by atoms with E-state index in [1.54, 1.807) is 0 Å². The minimum atomic E-state index is 0.963. The molecule has 2 nitrogen and oxygen atoms in total. The summed E-state index contributed by atoms with van der Waals surface area (Å²) >= 11 is 0. The van der Waals surface area contributed by atoms with E-state index in [0.717, 1.165) is 16.9 Å². The Hall–Kier alpha value is -3.91. The second kappa shape index (κ2) is 7.61. The lowest BCUT2D eigenvalue weighted by atomic mass is 10.0. The molecule has 0 radical (unpaired) electrons. The topological polar surface area (TPSA) is 17.3 Å². The van der Waals surface area contributed by atoms with Gasteiger partial charge in [-0.1, -0.05) is 97.1 Å². The predicted octanol–water partition coefficient (Wildman–Crippen LogP) is 6.84. The van der Waals surface area contributed by atoms with Gasteiger partial charge in [0.25, 0.3) is 0 Å². The summed E-state index contributed by atoms with van der Waals surface area (Å²) in [6, 6.07) is 33.7. The van der Waals surface area contributed by atoms with Crippen LogP contribution in [0.4, 0.5) is 0 Å². The highest BCUT2D eigenvalue weighted by Gasteiger charge is 2.03. The highest BCUT2D eigenvalue weighted by Crippen LogP contribution is 2.22. The van der Waals surface area contributed by atoms with Crippen molar-refractivity contribution in [3.05, 3.63) is 121 Å². The van der Waals surface area contributed by atoms with Crippen LogP contribution in [0.5, 0.6) is 0 Å². The Morgan fingerprint density at radius 1 is 0.552 bits per heavy atom. The van der Waals surface area contributed by atoms with E-state index in [9.17, 15) is 0 Å². The van der Waals surface area contributed by atoms with E-state index >= 15 is 0 Å². The zero-order chi connectivity index (χ0) is 19.5. The standard InChI is InChI=1S/C27H20N2/c1-2-6-23(7-3-1)24-15-11-21(12-16-24)9-10-22-13-17-25(18-14-22)26-20-29-19-5-4-8-27(29)28-26/h1-20H/b10-9+. The molecular formula is C27H20N2. The van der Waals surface area contributed by atoms with Gasteiger partial charge in [-0.05, 0) is 34.4 Å². The maximum Gasteiger partial charge on any atom is 0.137 e. The molecule has 138 valence electrons. The molecule has 5 rings (SSSR count). The fourth-order valence-electron chi connectivity index (χ4n) is 3.45. The van der Waals surface area contributed by atoms with Crippen LogP contribution in [0.15, 0.2) is 109 Å². The van der Waals surface area contributed by atoms with Gasteiger partial charge in [-0.2, -0.15) is 0 Å². The number of imidazole rings is 1. The van der Waals surface area contributed by atoms with E-state index in [2.05, 4.69) is 96.1 Å². The predicted molar refractivity (Wildman–Crippen MR) is 121 cm³/mol. The first-order chi connectivity index (χ1) is 14.3. The van der Waals surface area contributed by atoms with E-state index in [4.69, 9.17) is 0 Å². The summed E-state index contributed by atoms with van der Waals surface area (Å²) < 4.78 is 2.04. The lowest BCUT2D eigenvalue weighted by molar-refractivity contribution is 1.19. The third kappa shape index (κ3) is 3.74. The number of pyridine rings is 1. The van der Waals surface area contributed by atoms with Gasteiger partial charge < -0.3 is 4.40 Å². The molecule has 0 aliphatic carbocycles. The Morgan fingerprint density at radius 2 is 1.14 bits per heavy atom. The molecule has 0 atom stereocenters. The van der Waals surface area contributed by atoms with Gasteiger partial charge in [0.2, 0.25) is 0 Å². The maximum atomic E-state index is 4.68. The Balaban J connectivity index is 1.32. The molecule has 29 heavy (non-hydrogen) atoms. The third-order valence-electron chi connectivity index (χ3n) is 5.06. The summed E-state index contributed by atoms with van der Waals surface area (Å²) in [6.07, 6.45) is 8.38. The van der Waals surface area contributed by atoms with Crippen LogP contribution in [0.1, 0.15) is 11.1 Å². The van der Waals surface area contributed by atoms with Gasteiger partial charge in [-0.25, -0.2) is 4.98 Å². The van der Waals surface area contributed by atoms with E-state index in [-0.39, 0.29) is 0 Å². The smallest absolute Gasteiger partial charge is 0.137 e. The van der Waals surface area contributed by atoms with Crippen LogP contribution >= 0.6 is 0 Å². The Bertz CT molecular complexity index is 1230. The van der Waals surface area contributed by atoms with E-state index < -0.39 is 0 Å². The van der Waals surface area contributed by atoms with Crippen molar-refractivity contribution >= 4 is 17.8 Å². The molecule has 0 saturated heterocycles. The van der Waals surface area contributed by atoms with Gasteiger partial charge in [0.15, 0.2) is 0 Å². The van der Waals surface area contributed by atoms with Gasteiger partial charge in [0, 0.05) is 18.0 Å². The molecule has 0 N–H and O–H groups in total. The quantitative estimate of drug-likeness (QED) is 0.316. The molecule has 0 spiro atoms. The van der Waals surface area contributed by atoms with Crippen molar-refractivity contribution in [3.63, 3.8) is 0 Å². The van der Waals surface area contributed by atoms with Crippen LogP contribution in [-0.4, -0.2) is 9.38 Å². The highest BCUT2D eigenvalue weighted by atomic mass is 15.0. The number of hydrogen-bond acceptors (Lipinski definition) is 1. The Morgan fingerprint density at radius 3 is 1.79 bits per heavy atom.